The maximum absolute atomic E-state index is 12.6. The van der Waals surface area contributed by atoms with E-state index in [0.717, 1.165) is 68.3 Å². The molecule has 4 rings (SSSR count). The fourth-order valence-electron chi connectivity index (χ4n) is 4.61. The van der Waals surface area contributed by atoms with Gasteiger partial charge in [0.05, 0.1) is 28.0 Å². The van der Waals surface area contributed by atoms with Gasteiger partial charge in [0.2, 0.25) is 5.91 Å². The summed E-state index contributed by atoms with van der Waals surface area (Å²) in [5.74, 6) is 0.774. The van der Waals surface area contributed by atoms with Crippen LogP contribution in [-0.4, -0.2) is 71.1 Å². The first-order chi connectivity index (χ1) is 18.0. The number of hydrogen-bond acceptors (Lipinski definition) is 7. The highest BCUT2D eigenvalue weighted by Crippen LogP contribution is 2.39. The highest BCUT2D eigenvalue weighted by Gasteiger charge is 2.26. The molecule has 1 saturated heterocycles. The standard InChI is InChI=1S/C26H34Cl2N3O5P/c1-33-37(34-2)36-19-31-24-18-21(10-8-20(24)9-11-25(31)32)35-17-4-3-12-29-13-15-30(16-14-29)23-7-5-6-22(27)26(23)28/h5-8,10,18H,3-4,9,11-17,19H2,1-2H3. The summed E-state index contributed by atoms with van der Waals surface area (Å²) in [5, 5.41) is 1.23. The number of amides is 1. The molecular formula is C26H34Cl2N3O5P. The van der Waals surface area contributed by atoms with Crippen molar-refractivity contribution >= 4 is 49.1 Å². The van der Waals surface area contributed by atoms with E-state index in [1.165, 1.54) is 14.2 Å². The molecule has 0 unspecified atom stereocenters. The topological polar surface area (TPSA) is 63.7 Å². The Morgan fingerprint density at radius 1 is 0.946 bits per heavy atom. The van der Waals surface area contributed by atoms with E-state index in [2.05, 4.69) is 9.80 Å². The van der Waals surface area contributed by atoms with E-state index in [-0.39, 0.29) is 12.6 Å². The van der Waals surface area contributed by atoms with Crippen LogP contribution in [0, 0.1) is 0 Å². The van der Waals surface area contributed by atoms with E-state index in [9.17, 15) is 4.79 Å². The average Bonchev–Trinajstić information content (AvgIpc) is 2.92. The lowest BCUT2D eigenvalue weighted by Gasteiger charge is -2.36. The molecule has 0 bridgehead atoms. The van der Waals surface area contributed by atoms with Crippen molar-refractivity contribution in [2.45, 2.75) is 25.7 Å². The van der Waals surface area contributed by atoms with Crippen LogP contribution in [0.4, 0.5) is 11.4 Å². The van der Waals surface area contributed by atoms with Gasteiger partial charge in [0.1, 0.15) is 12.5 Å². The van der Waals surface area contributed by atoms with E-state index in [0.29, 0.717) is 29.5 Å². The summed E-state index contributed by atoms with van der Waals surface area (Å²) in [5.41, 5.74) is 2.94. The fourth-order valence-corrected chi connectivity index (χ4v) is 5.59. The first kappa shape index (κ1) is 28.4. The molecule has 2 aromatic rings. The predicted molar refractivity (Wildman–Crippen MR) is 149 cm³/mol. The molecule has 0 saturated carbocycles. The van der Waals surface area contributed by atoms with Gasteiger partial charge in [0, 0.05) is 52.9 Å². The smallest absolute Gasteiger partial charge is 0.333 e. The molecule has 2 aliphatic heterocycles. The number of carbonyl (C=O) groups is 1. The third kappa shape index (κ3) is 7.48. The lowest BCUT2D eigenvalue weighted by Crippen LogP contribution is -2.46. The number of halogens is 2. The number of unbranched alkanes of at least 4 members (excludes halogenated alkanes) is 1. The van der Waals surface area contributed by atoms with E-state index in [1.54, 1.807) is 4.90 Å². The molecule has 0 N–H and O–H groups in total. The Morgan fingerprint density at radius 3 is 2.49 bits per heavy atom. The first-order valence-corrected chi connectivity index (χ1v) is 14.3. The van der Waals surface area contributed by atoms with Gasteiger partial charge in [-0.2, -0.15) is 0 Å². The van der Waals surface area contributed by atoms with Crippen LogP contribution in [0.5, 0.6) is 5.75 Å². The lowest BCUT2D eigenvalue weighted by molar-refractivity contribution is -0.119. The van der Waals surface area contributed by atoms with Crippen LogP contribution in [0.1, 0.15) is 24.8 Å². The number of rotatable bonds is 12. The van der Waals surface area contributed by atoms with Crippen molar-refractivity contribution in [3.63, 3.8) is 0 Å². The average molecular weight is 570 g/mol. The molecule has 0 radical (unpaired) electrons. The Balaban J connectivity index is 1.20. The third-order valence-corrected chi connectivity index (χ3v) is 8.36. The number of fused-ring (bicyclic) bond motifs is 1. The molecule has 1 amide bonds. The Hall–Kier alpha value is -1.64. The van der Waals surface area contributed by atoms with Crippen LogP contribution in [-0.2, 0) is 24.8 Å². The van der Waals surface area contributed by atoms with E-state index in [4.69, 9.17) is 41.5 Å². The number of benzene rings is 2. The second-order valence-corrected chi connectivity index (χ2v) is 11.1. The molecule has 202 valence electrons. The number of carbonyl (C=O) groups excluding carboxylic acids is 1. The normalized spacial score (nSPS) is 16.4. The van der Waals surface area contributed by atoms with Gasteiger partial charge in [-0.15, -0.1) is 0 Å². The van der Waals surface area contributed by atoms with Crippen molar-refractivity contribution in [1.29, 1.82) is 0 Å². The van der Waals surface area contributed by atoms with E-state index >= 15 is 0 Å². The van der Waals surface area contributed by atoms with Gasteiger partial charge in [-0.1, -0.05) is 35.3 Å². The van der Waals surface area contributed by atoms with Gasteiger partial charge in [0.15, 0.2) is 0 Å². The van der Waals surface area contributed by atoms with Gasteiger partial charge in [-0.3, -0.25) is 19.1 Å². The second-order valence-electron chi connectivity index (χ2n) is 8.92. The first-order valence-electron chi connectivity index (χ1n) is 12.5. The highest BCUT2D eigenvalue weighted by atomic mass is 35.5. The number of hydrogen-bond donors (Lipinski definition) is 0. The van der Waals surface area contributed by atoms with Gasteiger partial charge in [-0.05, 0) is 49.6 Å². The molecule has 0 aliphatic carbocycles. The molecule has 2 aliphatic rings. The Morgan fingerprint density at radius 2 is 1.73 bits per heavy atom. The summed E-state index contributed by atoms with van der Waals surface area (Å²) in [6.45, 7) is 5.60. The maximum Gasteiger partial charge on any atom is 0.333 e. The van der Waals surface area contributed by atoms with Gasteiger partial charge >= 0.3 is 8.60 Å². The van der Waals surface area contributed by atoms with Crippen LogP contribution in [0.3, 0.4) is 0 Å². The summed E-state index contributed by atoms with van der Waals surface area (Å²) in [7, 11) is 1.56. The monoisotopic (exact) mass is 569 g/mol. The van der Waals surface area contributed by atoms with Crippen molar-refractivity contribution in [2.75, 3.05) is 70.1 Å². The highest BCUT2D eigenvalue weighted by molar-refractivity contribution is 7.41. The van der Waals surface area contributed by atoms with E-state index < -0.39 is 8.60 Å². The number of nitrogens with zero attached hydrogens (tertiary/aromatic N) is 3. The summed E-state index contributed by atoms with van der Waals surface area (Å²) in [6.07, 6.45) is 3.17. The maximum atomic E-state index is 12.6. The van der Waals surface area contributed by atoms with Gasteiger partial charge in [0.25, 0.3) is 0 Å². The Labute approximate surface area is 230 Å². The molecule has 0 spiro atoms. The zero-order valence-corrected chi connectivity index (χ0v) is 23.7. The van der Waals surface area contributed by atoms with Crippen molar-refractivity contribution in [1.82, 2.24) is 4.90 Å². The minimum Gasteiger partial charge on any atom is -0.494 e. The number of anilines is 2. The summed E-state index contributed by atoms with van der Waals surface area (Å²) < 4.78 is 21.9. The molecular weight excluding hydrogens is 536 g/mol. The SMILES string of the molecule is COP(OC)OCN1C(=O)CCc2ccc(OCCCCN3CCN(c4cccc(Cl)c4Cl)CC3)cc21. The van der Waals surface area contributed by atoms with Crippen LogP contribution >= 0.6 is 31.8 Å². The molecule has 11 heteroatoms. The molecule has 2 heterocycles. The van der Waals surface area contributed by atoms with Crippen LogP contribution < -0.4 is 14.5 Å². The molecule has 8 nitrogen and oxygen atoms in total. The van der Waals surface area contributed by atoms with Crippen molar-refractivity contribution in [3.05, 3.63) is 52.0 Å². The number of ether oxygens (including phenoxy) is 1. The predicted octanol–water partition coefficient (Wildman–Crippen LogP) is 5.75. The number of piperazine rings is 1. The van der Waals surface area contributed by atoms with Crippen molar-refractivity contribution in [3.8, 4) is 5.75 Å². The minimum absolute atomic E-state index is 0.0181. The Kier molecular flexibility index (Phi) is 10.7. The Bertz CT molecular complexity index is 1050. The minimum atomic E-state index is -1.48. The quantitative estimate of drug-likeness (QED) is 0.238. The zero-order chi connectivity index (χ0) is 26.2. The summed E-state index contributed by atoms with van der Waals surface area (Å²) in [6, 6.07) is 11.7. The second kappa shape index (κ2) is 13.9. The van der Waals surface area contributed by atoms with Crippen LogP contribution in [0.25, 0.3) is 0 Å². The van der Waals surface area contributed by atoms with Crippen LogP contribution in [0.2, 0.25) is 10.0 Å². The molecule has 0 atom stereocenters. The zero-order valence-electron chi connectivity index (χ0n) is 21.3. The third-order valence-electron chi connectivity index (χ3n) is 6.63. The van der Waals surface area contributed by atoms with Crippen LogP contribution in [0.15, 0.2) is 36.4 Å². The number of aryl methyl sites for hydroxylation is 1. The summed E-state index contributed by atoms with van der Waals surface area (Å²) in [4.78, 5) is 19.0. The lowest BCUT2D eigenvalue weighted by atomic mass is 10.0. The molecule has 2 aromatic carbocycles. The molecule has 0 aromatic heterocycles. The molecule has 1 fully saturated rings. The van der Waals surface area contributed by atoms with Gasteiger partial charge < -0.3 is 18.7 Å². The van der Waals surface area contributed by atoms with E-state index in [1.807, 2.05) is 36.4 Å². The van der Waals surface area contributed by atoms with Crippen molar-refractivity contribution in [2.24, 2.45) is 0 Å². The largest absolute Gasteiger partial charge is 0.494 e. The van der Waals surface area contributed by atoms with Crippen molar-refractivity contribution < 1.29 is 23.1 Å². The molecule has 37 heavy (non-hydrogen) atoms. The fraction of sp³-hybridized carbons (Fsp3) is 0.500. The van der Waals surface area contributed by atoms with Gasteiger partial charge in [-0.25, -0.2) is 0 Å². The summed E-state index contributed by atoms with van der Waals surface area (Å²) >= 11 is 12.6.